The van der Waals surface area contributed by atoms with E-state index in [0.717, 1.165) is 15.1 Å². The highest BCUT2D eigenvalue weighted by Gasteiger charge is 2.15. The molecule has 2 rings (SSSR count). The molecule has 5 nitrogen and oxygen atoms in total. The topological polar surface area (TPSA) is 66.3 Å². The highest BCUT2D eigenvalue weighted by atomic mass is 35.5. The fourth-order valence-corrected chi connectivity index (χ4v) is 2.98. The number of fused-ring (bicyclic) bond motifs is 1. The zero-order chi connectivity index (χ0) is 14.0. The molecule has 0 saturated heterocycles. The first-order valence-corrected chi connectivity index (χ1v) is 7.11. The average Bonchev–Trinajstić information content (AvgIpc) is 2.69. The van der Waals surface area contributed by atoms with Crippen molar-refractivity contribution >= 4 is 44.9 Å². The summed E-state index contributed by atoms with van der Waals surface area (Å²) in [5, 5.41) is 9.92. The van der Waals surface area contributed by atoms with E-state index in [1.54, 1.807) is 11.3 Å². The highest BCUT2D eigenvalue weighted by molar-refractivity contribution is 7.18. The predicted octanol–water partition coefficient (Wildman–Crippen LogP) is 2.95. The number of rotatable bonds is 5. The van der Waals surface area contributed by atoms with Crippen LogP contribution in [0.3, 0.4) is 0 Å². The van der Waals surface area contributed by atoms with Crippen molar-refractivity contribution in [1.82, 2.24) is 9.97 Å². The van der Waals surface area contributed by atoms with E-state index in [0.29, 0.717) is 18.9 Å². The Labute approximate surface area is 119 Å². The van der Waals surface area contributed by atoms with Gasteiger partial charge in [0.25, 0.3) is 0 Å². The minimum absolute atomic E-state index is 0.0695. The molecule has 102 valence electrons. The van der Waals surface area contributed by atoms with Crippen molar-refractivity contribution in [2.45, 2.75) is 20.3 Å². The van der Waals surface area contributed by atoms with Gasteiger partial charge in [-0.25, -0.2) is 4.98 Å². The molecule has 19 heavy (non-hydrogen) atoms. The number of thiophene rings is 1. The molecule has 0 amide bonds. The molecule has 0 unspecified atom stereocenters. The molecule has 0 saturated carbocycles. The summed E-state index contributed by atoms with van der Waals surface area (Å²) in [6.07, 6.45) is 0.0695. The van der Waals surface area contributed by atoms with Crippen LogP contribution in [0.25, 0.3) is 10.2 Å². The molecule has 0 aliphatic heterocycles. The Morgan fingerprint density at radius 2 is 2.26 bits per heavy atom. The minimum Gasteiger partial charge on any atom is -0.481 e. The summed E-state index contributed by atoms with van der Waals surface area (Å²) in [7, 11) is 0. The van der Waals surface area contributed by atoms with Crippen LogP contribution in [0.5, 0.6) is 0 Å². The van der Waals surface area contributed by atoms with Gasteiger partial charge in [-0.1, -0.05) is 0 Å². The van der Waals surface area contributed by atoms with Crippen LogP contribution in [0.2, 0.25) is 5.28 Å². The van der Waals surface area contributed by atoms with Crippen molar-refractivity contribution in [2.24, 2.45) is 0 Å². The molecule has 0 atom stereocenters. The predicted molar refractivity (Wildman–Crippen MR) is 77.3 cm³/mol. The Bertz CT molecular complexity index is 614. The Balaban J connectivity index is 2.43. The standard InChI is InChI=1S/C12H14ClN3O2S/c1-3-16(5-4-9(17)18)10-8-6-7(2)19-11(8)15-12(13)14-10/h6H,3-5H2,1-2H3,(H,17,18). The van der Waals surface area contributed by atoms with E-state index in [-0.39, 0.29) is 11.7 Å². The summed E-state index contributed by atoms with van der Waals surface area (Å²) in [6, 6.07) is 2.01. The number of aryl methyl sites for hydroxylation is 1. The summed E-state index contributed by atoms with van der Waals surface area (Å²) in [6.45, 7) is 5.04. The van der Waals surface area contributed by atoms with E-state index in [1.165, 1.54) is 0 Å². The van der Waals surface area contributed by atoms with E-state index in [2.05, 4.69) is 9.97 Å². The summed E-state index contributed by atoms with van der Waals surface area (Å²) < 4.78 is 0. The zero-order valence-corrected chi connectivity index (χ0v) is 12.3. The van der Waals surface area contributed by atoms with Crippen LogP contribution in [0.4, 0.5) is 5.82 Å². The summed E-state index contributed by atoms with van der Waals surface area (Å²) >= 11 is 7.49. The molecule has 0 bridgehead atoms. The third-order valence-corrected chi connectivity index (χ3v) is 3.86. The molecule has 0 aliphatic rings. The Morgan fingerprint density at radius 3 is 2.89 bits per heavy atom. The maximum absolute atomic E-state index is 10.7. The largest absolute Gasteiger partial charge is 0.481 e. The smallest absolute Gasteiger partial charge is 0.305 e. The van der Waals surface area contributed by atoms with E-state index in [4.69, 9.17) is 16.7 Å². The Morgan fingerprint density at radius 1 is 1.53 bits per heavy atom. The van der Waals surface area contributed by atoms with Crippen molar-refractivity contribution in [3.05, 3.63) is 16.2 Å². The van der Waals surface area contributed by atoms with E-state index < -0.39 is 5.97 Å². The van der Waals surface area contributed by atoms with Crippen molar-refractivity contribution in [3.8, 4) is 0 Å². The van der Waals surface area contributed by atoms with Gasteiger partial charge in [0.15, 0.2) is 0 Å². The number of anilines is 1. The number of carboxylic acids is 1. The highest BCUT2D eigenvalue weighted by Crippen LogP contribution is 2.31. The lowest BCUT2D eigenvalue weighted by molar-refractivity contribution is -0.136. The van der Waals surface area contributed by atoms with Gasteiger partial charge in [0, 0.05) is 18.0 Å². The van der Waals surface area contributed by atoms with Gasteiger partial charge in [0.1, 0.15) is 10.6 Å². The number of aliphatic carboxylic acids is 1. The van der Waals surface area contributed by atoms with Crippen LogP contribution < -0.4 is 4.90 Å². The van der Waals surface area contributed by atoms with Crippen LogP contribution >= 0.6 is 22.9 Å². The second-order valence-corrected chi connectivity index (χ2v) is 5.69. The molecule has 2 aromatic rings. The monoisotopic (exact) mass is 299 g/mol. The van der Waals surface area contributed by atoms with Crippen LogP contribution in [0.1, 0.15) is 18.2 Å². The molecule has 0 spiro atoms. The number of halogens is 1. The lowest BCUT2D eigenvalue weighted by Gasteiger charge is -2.21. The SMILES string of the molecule is CCN(CCC(=O)O)c1nc(Cl)nc2sc(C)cc12. The normalized spacial score (nSPS) is 10.9. The first-order valence-electron chi connectivity index (χ1n) is 5.91. The third-order valence-electron chi connectivity index (χ3n) is 2.75. The number of hydrogen-bond donors (Lipinski definition) is 1. The second-order valence-electron chi connectivity index (χ2n) is 4.12. The zero-order valence-electron chi connectivity index (χ0n) is 10.7. The second kappa shape index (κ2) is 5.71. The van der Waals surface area contributed by atoms with E-state index in [1.807, 2.05) is 24.8 Å². The lowest BCUT2D eigenvalue weighted by Crippen LogP contribution is -2.27. The van der Waals surface area contributed by atoms with Crippen LogP contribution in [-0.4, -0.2) is 34.1 Å². The Kier molecular flexibility index (Phi) is 4.21. The number of carboxylic acid groups (broad SMARTS) is 1. The van der Waals surface area contributed by atoms with Crippen LogP contribution in [-0.2, 0) is 4.79 Å². The number of aromatic nitrogens is 2. The fraction of sp³-hybridized carbons (Fsp3) is 0.417. The molecule has 0 radical (unpaired) electrons. The first-order chi connectivity index (χ1) is 9.01. The maximum atomic E-state index is 10.7. The molecule has 0 aromatic carbocycles. The molecule has 7 heteroatoms. The van der Waals surface area contributed by atoms with Crippen molar-refractivity contribution in [3.63, 3.8) is 0 Å². The molecule has 0 fully saturated rings. The van der Waals surface area contributed by atoms with E-state index >= 15 is 0 Å². The molecular formula is C12H14ClN3O2S. The van der Waals surface area contributed by atoms with E-state index in [9.17, 15) is 4.79 Å². The lowest BCUT2D eigenvalue weighted by atomic mass is 10.3. The molecule has 0 aliphatic carbocycles. The van der Waals surface area contributed by atoms with Crippen LogP contribution in [0.15, 0.2) is 6.07 Å². The number of nitrogens with zero attached hydrogens (tertiary/aromatic N) is 3. The number of hydrogen-bond acceptors (Lipinski definition) is 5. The van der Waals surface area contributed by atoms with Gasteiger partial charge in [0.2, 0.25) is 5.28 Å². The van der Waals surface area contributed by atoms with Gasteiger partial charge < -0.3 is 10.0 Å². The molecule has 2 heterocycles. The first kappa shape index (κ1) is 14.0. The van der Waals surface area contributed by atoms with Crippen molar-refractivity contribution in [2.75, 3.05) is 18.0 Å². The number of carbonyl (C=O) groups is 1. The third kappa shape index (κ3) is 3.13. The molecule has 1 N–H and O–H groups in total. The van der Waals surface area contributed by atoms with Gasteiger partial charge in [-0.3, -0.25) is 4.79 Å². The van der Waals surface area contributed by atoms with Gasteiger partial charge in [-0.05, 0) is 31.5 Å². The maximum Gasteiger partial charge on any atom is 0.305 e. The fourth-order valence-electron chi connectivity index (χ4n) is 1.89. The van der Waals surface area contributed by atoms with Gasteiger partial charge in [-0.2, -0.15) is 4.98 Å². The molecular weight excluding hydrogens is 286 g/mol. The van der Waals surface area contributed by atoms with Crippen molar-refractivity contribution < 1.29 is 9.90 Å². The summed E-state index contributed by atoms with van der Waals surface area (Å²) in [5.74, 6) is -0.112. The van der Waals surface area contributed by atoms with Gasteiger partial charge >= 0.3 is 5.97 Å². The van der Waals surface area contributed by atoms with Gasteiger partial charge in [0.05, 0.1) is 11.8 Å². The summed E-state index contributed by atoms with van der Waals surface area (Å²) in [5.41, 5.74) is 0. The quantitative estimate of drug-likeness (QED) is 0.860. The Hall–Kier alpha value is -1.40. The van der Waals surface area contributed by atoms with Gasteiger partial charge in [-0.15, -0.1) is 11.3 Å². The minimum atomic E-state index is -0.823. The van der Waals surface area contributed by atoms with Crippen LogP contribution in [0, 0.1) is 6.92 Å². The summed E-state index contributed by atoms with van der Waals surface area (Å²) in [4.78, 5) is 23.0. The average molecular weight is 300 g/mol. The van der Waals surface area contributed by atoms with Crippen molar-refractivity contribution in [1.29, 1.82) is 0 Å². The molecule has 2 aromatic heterocycles.